The van der Waals surface area contributed by atoms with Crippen molar-refractivity contribution in [2.24, 2.45) is 0 Å². The van der Waals surface area contributed by atoms with E-state index in [0.29, 0.717) is 10.0 Å². The van der Waals surface area contributed by atoms with Crippen LogP contribution >= 0.6 is 23.2 Å². The molecule has 0 saturated carbocycles. The van der Waals surface area contributed by atoms with E-state index in [4.69, 9.17) is 23.2 Å². The molecule has 0 saturated heterocycles. The van der Waals surface area contributed by atoms with Gasteiger partial charge in [0.25, 0.3) is 5.69 Å². The zero-order valence-corrected chi connectivity index (χ0v) is 11.2. The molecule has 19 heavy (non-hydrogen) atoms. The van der Waals surface area contributed by atoms with Crippen molar-refractivity contribution < 1.29 is 4.92 Å². The average molecular weight is 294 g/mol. The van der Waals surface area contributed by atoms with Gasteiger partial charge in [0.05, 0.1) is 4.92 Å². The van der Waals surface area contributed by atoms with Gasteiger partial charge >= 0.3 is 0 Å². The molecule has 0 amide bonds. The molecule has 0 fully saturated rings. The molecule has 0 aliphatic carbocycles. The maximum Gasteiger partial charge on any atom is 0.270 e. The molecule has 2 aromatic carbocycles. The second-order valence-electron chi connectivity index (χ2n) is 3.85. The number of hydrogen-bond acceptors (Lipinski definition) is 2. The number of nitro benzene ring substituents is 1. The van der Waals surface area contributed by atoms with E-state index < -0.39 is 4.92 Å². The second kappa shape index (κ2) is 5.87. The van der Waals surface area contributed by atoms with Crippen molar-refractivity contribution in [2.45, 2.75) is 0 Å². The summed E-state index contributed by atoms with van der Waals surface area (Å²) in [7, 11) is 0. The smallest absolute Gasteiger partial charge is 0.258 e. The monoisotopic (exact) mass is 293 g/mol. The minimum absolute atomic E-state index is 0.0596. The van der Waals surface area contributed by atoms with E-state index in [1.165, 1.54) is 12.1 Å². The standard InChI is InChI=1S/C14H9Cl2NO2/c15-12-7-6-11(14(16)9-12)5-4-10-2-1-3-13(8-10)17(18)19/h1-9H/b5-4+. The molecule has 0 aliphatic heterocycles. The summed E-state index contributed by atoms with van der Waals surface area (Å²) < 4.78 is 0. The third kappa shape index (κ3) is 3.56. The third-order valence-electron chi connectivity index (χ3n) is 2.50. The highest BCUT2D eigenvalue weighted by Crippen LogP contribution is 2.23. The minimum Gasteiger partial charge on any atom is -0.258 e. The Morgan fingerprint density at radius 3 is 2.53 bits per heavy atom. The Morgan fingerprint density at radius 1 is 1.05 bits per heavy atom. The summed E-state index contributed by atoms with van der Waals surface area (Å²) in [6, 6.07) is 11.6. The molecule has 0 aliphatic rings. The van der Waals surface area contributed by atoms with Gasteiger partial charge in [0.2, 0.25) is 0 Å². The van der Waals surface area contributed by atoms with Gasteiger partial charge in [0, 0.05) is 22.2 Å². The Morgan fingerprint density at radius 2 is 1.84 bits per heavy atom. The lowest BCUT2D eigenvalue weighted by Crippen LogP contribution is -1.87. The van der Waals surface area contributed by atoms with Crippen molar-refractivity contribution >= 4 is 41.0 Å². The van der Waals surface area contributed by atoms with Crippen molar-refractivity contribution in [3.05, 3.63) is 73.8 Å². The number of hydrogen-bond donors (Lipinski definition) is 0. The summed E-state index contributed by atoms with van der Waals surface area (Å²) in [6.07, 6.45) is 3.56. The maximum atomic E-state index is 10.7. The van der Waals surface area contributed by atoms with E-state index in [2.05, 4.69) is 0 Å². The predicted octanol–water partition coefficient (Wildman–Crippen LogP) is 5.07. The first-order chi connectivity index (χ1) is 9.06. The van der Waals surface area contributed by atoms with Gasteiger partial charge in [-0.15, -0.1) is 0 Å². The highest BCUT2D eigenvalue weighted by Gasteiger charge is 2.04. The van der Waals surface area contributed by atoms with Gasteiger partial charge in [-0.1, -0.05) is 53.6 Å². The van der Waals surface area contributed by atoms with E-state index in [9.17, 15) is 10.1 Å². The average Bonchev–Trinajstić information content (AvgIpc) is 2.38. The lowest BCUT2D eigenvalue weighted by atomic mass is 10.1. The molecule has 0 bridgehead atoms. The summed E-state index contributed by atoms with van der Waals surface area (Å²) in [5, 5.41) is 11.8. The number of nitro groups is 1. The van der Waals surface area contributed by atoms with Crippen LogP contribution in [0.25, 0.3) is 12.2 Å². The summed E-state index contributed by atoms with van der Waals surface area (Å²) in [5.41, 5.74) is 1.60. The molecule has 96 valence electrons. The Bertz CT molecular complexity index is 654. The summed E-state index contributed by atoms with van der Waals surface area (Å²) in [5.74, 6) is 0. The van der Waals surface area contributed by atoms with Crippen molar-refractivity contribution in [2.75, 3.05) is 0 Å². The first-order valence-corrected chi connectivity index (χ1v) is 6.19. The van der Waals surface area contributed by atoms with Crippen LogP contribution in [0.2, 0.25) is 10.0 Å². The maximum absolute atomic E-state index is 10.7. The third-order valence-corrected chi connectivity index (χ3v) is 3.06. The Labute approximate surface area is 120 Å². The molecule has 0 atom stereocenters. The van der Waals surface area contributed by atoms with Gasteiger partial charge < -0.3 is 0 Å². The fourth-order valence-electron chi connectivity index (χ4n) is 1.56. The van der Waals surface area contributed by atoms with Crippen LogP contribution in [0.5, 0.6) is 0 Å². The normalized spacial score (nSPS) is 10.8. The van der Waals surface area contributed by atoms with Crippen molar-refractivity contribution in [3.8, 4) is 0 Å². The highest BCUT2D eigenvalue weighted by molar-refractivity contribution is 6.35. The van der Waals surface area contributed by atoms with E-state index in [-0.39, 0.29) is 5.69 Å². The lowest BCUT2D eigenvalue weighted by molar-refractivity contribution is -0.384. The molecular weight excluding hydrogens is 285 g/mol. The number of halogens is 2. The van der Waals surface area contributed by atoms with Gasteiger partial charge in [-0.3, -0.25) is 10.1 Å². The van der Waals surface area contributed by atoms with Gasteiger partial charge in [0.1, 0.15) is 0 Å². The van der Waals surface area contributed by atoms with E-state index >= 15 is 0 Å². The van der Waals surface area contributed by atoms with Crippen molar-refractivity contribution in [3.63, 3.8) is 0 Å². The van der Waals surface area contributed by atoms with Gasteiger partial charge in [-0.25, -0.2) is 0 Å². The number of benzene rings is 2. The molecule has 0 radical (unpaired) electrons. The first-order valence-electron chi connectivity index (χ1n) is 5.44. The van der Waals surface area contributed by atoms with Gasteiger partial charge in [-0.2, -0.15) is 0 Å². The molecule has 2 aromatic rings. The Balaban J connectivity index is 2.27. The van der Waals surface area contributed by atoms with Crippen molar-refractivity contribution in [1.29, 1.82) is 0 Å². The molecule has 0 aromatic heterocycles. The lowest BCUT2D eigenvalue weighted by Gasteiger charge is -1.99. The molecule has 2 rings (SSSR count). The van der Waals surface area contributed by atoms with Crippen LogP contribution in [0.15, 0.2) is 42.5 Å². The molecule has 0 N–H and O–H groups in total. The SMILES string of the molecule is O=[N+]([O-])c1cccc(/C=C/c2ccc(Cl)cc2Cl)c1. The Hall–Kier alpha value is -1.84. The van der Waals surface area contributed by atoms with Crippen LogP contribution in [-0.4, -0.2) is 4.92 Å². The quantitative estimate of drug-likeness (QED) is 0.450. The van der Waals surface area contributed by atoms with Crippen LogP contribution in [0.3, 0.4) is 0 Å². The van der Waals surface area contributed by atoms with Crippen LogP contribution < -0.4 is 0 Å². The molecular formula is C14H9Cl2NO2. The largest absolute Gasteiger partial charge is 0.270 e. The van der Waals surface area contributed by atoms with Crippen LogP contribution in [-0.2, 0) is 0 Å². The summed E-state index contributed by atoms with van der Waals surface area (Å²) in [4.78, 5) is 10.2. The molecule has 0 spiro atoms. The number of rotatable bonds is 3. The van der Waals surface area contributed by atoms with Gasteiger partial charge in [-0.05, 0) is 23.3 Å². The minimum atomic E-state index is -0.424. The number of nitrogens with zero attached hydrogens (tertiary/aromatic N) is 1. The topological polar surface area (TPSA) is 43.1 Å². The zero-order valence-electron chi connectivity index (χ0n) is 9.72. The van der Waals surface area contributed by atoms with E-state index in [0.717, 1.165) is 11.1 Å². The fourth-order valence-corrected chi connectivity index (χ4v) is 2.04. The molecule has 3 nitrogen and oxygen atoms in total. The molecule has 0 heterocycles. The van der Waals surface area contributed by atoms with Crippen LogP contribution in [0, 0.1) is 10.1 Å². The molecule has 0 unspecified atom stereocenters. The first kappa shape index (κ1) is 13.6. The summed E-state index contributed by atoms with van der Waals surface area (Å²) in [6.45, 7) is 0. The Kier molecular flexibility index (Phi) is 4.20. The predicted molar refractivity (Wildman–Crippen MR) is 78.5 cm³/mol. The van der Waals surface area contributed by atoms with E-state index in [1.807, 2.05) is 0 Å². The van der Waals surface area contributed by atoms with Gasteiger partial charge in [0.15, 0.2) is 0 Å². The second-order valence-corrected chi connectivity index (χ2v) is 4.69. The zero-order chi connectivity index (χ0) is 13.8. The van der Waals surface area contributed by atoms with Crippen molar-refractivity contribution in [1.82, 2.24) is 0 Å². The van der Waals surface area contributed by atoms with Crippen LogP contribution in [0.4, 0.5) is 5.69 Å². The molecule has 5 heteroatoms. The highest BCUT2D eigenvalue weighted by atomic mass is 35.5. The summed E-state index contributed by atoms with van der Waals surface area (Å²) >= 11 is 11.8. The number of non-ortho nitro benzene ring substituents is 1. The van der Waals surface area contributed by atoms with Crippen LogP contribution in [0.1, 0.15) is 11.1 Å². The fraction of sp³-hybridized carbons (Fsp3) is 0. The van der Waals surface area contributed by atoms with E-state index in [1.54, 1.807) is 42.5 Å².